The molecular weight excluding hydrogens is 390 g/mol. The van der Waals surface area contributed by atoms with Crippen LogP contribution >= 0.6 is 0 Å². The molecule has 0 saturated heterocycles. The molecule has 0 atom stereocenters. The average Bonchev–Trinajstić information content (AvgIpc) is 2.75. The summed E-state index contributed by atoms with van der Waals surface area (Å²) in [5, 5.41) is 2.81. The zero-order valence-corrected chi connectivity index (χ0v) is 17.8. The zero-order chi connectivity index (χ0) is 21.0. The largest absolute Gasteiger partial charge is 0.357 e. The maximum atomic E-state index is 12.7. The number of hydrogen-bond acceptors (Lipinski definition) is 6. The van der Waals surface area contributed by atoms with Crippen molar-refractivity contribution in [3.05, 3.63) is 41.9 Å². The molecule has 29 heavy (non-hydrogen) atoms. The third kappa shape index (κ3) is 4.91. The van der Waals surface area contributed by atoms with E-state index in [9.17, 15) is 13.2 Å². The summed E-state index contributed by atoms with van der Waals surface area (Å²) in [5.41, 5.74) is 1.44. The Bertz CT molecular complexity index is 987. The number of amides is 1. The second-order valence-electron chi connectivity index (χ2n) is 7.30. The van der Waals surface area contributed by atoms with Crippen LogP contribution in [0, 0.1) is 6.92 Å². The first-order valence-corrected chi connectivity index (χ1v) is 11.2. The smallest absolute Gasteiger partial charge is 0.274 e. The Morgan fingerprint density at radius 1 is 1.14 bits per heavy atom. The van der Waals surface area contributed by atoms with Crippen molar-refractivity contribution in [3.8, 4) is 0 Å². The molecule has 2 N–H and O–H groups in total. The van der Waals surface area contributed by atoms with E-state index in [1.807, 2.05) is 7.05 Å². The number of nitrogens with zero attached hydrogens (tertiary/aromatic N) is 3. The molecule has 1 amide bonds. The highest BCUT2D eigenvalue weighted by molar-refractivity contribution is 7.89. The summed E-state index contributed by atoms with van der Waals surface area (Å²) < 4.78 is 26.1. The lowest BCUT2D eigenvalue weighted by Crippen LogP contribution is -2.34. The second kappa shape index (κ2) is 8.87. The van der Waals surface area contributed by atoms with E-state index in [1.54, 1.807) is 19.1 Å². The average molecular weight is 418 g/mol. The van der Waals surface area contributed by atoms with Crippen LogP contribution in [-0.2, 0) is 10.0 Å². The molecule has 9 heteroatoms. The highest BCUT2D eigenvalue weighted by atomic mass is 32.2. The Hall–Kier alpha value is -2.52. The van der Waals surface area contributed by atoms with Gasteiger partial charge < -0.3 is 10.2 Å². The molecule has 1 heterocycles. The number of carbonyl (C=O) groups excluding carboxylic acids is 1. The maximum absolute atomic E-state index is 12.7. The van der Waals surface area contributed by atoms with Crippen molar-refractivity contribution < 1.29 is 13.2 Å². The Morgan fingerprint density at radius 2 is 1.86 bits per heavy atom. The van der Waals surface area contributed by atoms with Crippen LogP contribution in [0.25, 0.3) is 0 Å². The van der Waals surface area contributed by atoms with E-state index < -0.39 is 10.0 Å². The van der Waals surface area contributed by atoms with Gasteiger partial charge in [0.15, 0.2) is 0 Å². The number of aryl methyl sites for hydroxylation is 1. The first-order valence-electron chi connectivity index (χ1n) is 9.72. The van der Waals surface area contributed by atoms with E-state index in [0.29, 0.717) is 17.3 Å². The number of anilines is 2. The number of hydrogen-bond donors (Lipinski definition) is 2. The molecule has 0 bridgehead atoms. The fourth-order valence-electron chi connectivity index (χ4n) is 3.57. The Morgan fingerprint density at radius 3 is 2.52 bits per heavy atom. The SMILES string of the molecule is CNS(=O)(=O)c1ccc(NC(=O)c2cc(N(C)C3CCCCC3)ncn2)c(C)c1. The van der Waals surface area contributed by atoms with Crippen LogP contribution in [0.2, 0.25) is 0 Å². The minimum Gasteiger partial charge on any atom is -0.357 e. The predicted molar refractivity (Wildman–Crippen MR) is 113 cm³/mol. The molecule has 1 fully saturated rings. The van der Waals surface area contributed by atoms with Gasteiger partial charge in [0.2, 0.25) is 10.0 Å². The van der Waals surface area contributed by atoms with Crippen LogP contribution in [0.5, 0.6) is 0 Å². The van der Waals surface area contributed by atoms with Gasteiger partial charge in [0, 0.05) is 24.8 Å². The molecule has 1 saturated carbocycles. The molecule has 0 unspecified atom stereocenters. The van der Waals surface area contributed by atoms with Gasteiger partial charge in [-0.1, -0.05) is 19.3 Å². The number of sulfonamides is 1. The molecule has 1 aromatic heterocycles. The molecular formula is C20H27N5O3S. The highest BCUT2D eigenvalue weighted by Crippen LogP contribution is 2.25. The molecule has 156 valence electrons. The fraction of sp³-hybridized carbons (Fsp3) is 0.450. The van der Waals surface area contributed by atoms with Crippen molar-refractivity contribution in [3.63, 3.8) is 0 Å². The lowest BCUT2D eigenvalue weighted by molar-refractivity contribution is 0.102. The summed E-state index contributed by atoms with van der Waals surface area (Å²) in [4.78, 5) is 23.4. The lowest BCUT2D eigenvalue weighted by atomic mass is 9.94. The zero-order valence-electron chi connectivity index (χ0n) is 17.0. The molecule has 0 spiro atoms. The number of rotatable bonds is 6. The van der Waals surface area contributed by atoms with Crippen LogP contribution in [-0.4, -0.2) is 44.4 Å². The molecule has 0 radical (unpaired) electrons. The first-order chi connectivity index (χ1) is 13.8. The molecule has 1 aliphatic carbocycles. The predicted octanol–water partition coefficient (Wildman–Crippen LogP) is 2.71. The van der Waals surface area contributed by atoms with Gasteiger partial charge >= 0.3 is 0 Å². The Labute approximate surface area is 171 Å². The van der Waals surface area contributed by atoms with E-state index in [4.69, 9.17) is 0 Å². The van der Waals surface area contributed by atoms with Gasteiger partial charge in [-0.05, 0) is 50.6 Å². The van der Waals surface area contributed by atoms with Crippen molar-refractivity contribution in [1.82, 2.24) is 14.7 Å². The topological polar surface area (TPSA) is 104 Å². The third-order valence-electron chi connectivity index (χ3n) is 5.39. The number of aromatic nitrogens is 2. The summed E-state index contributed by atoms with van der Waals surface area (Å²) in [5.74, 6) is 0.363. The highest BCUT2D eigenvalue weighted by Gasteiger charge is 2.21. The summed E-state index contributed by atoms with van der Waals surface area (Å²) in [6.07, 6.45) is 7.36. The lowest BCUT2D eigenvalue weighted by Gasteiger charge is -2.32. The van der Waals surface area contributed by atoms with Gasteiger partial charge in [0.1, 0.15) is 17.8 Å². The van der Waals surface area contributed by atoms with Crippen LogP contribution in [0.15, 0.2) is 35.5 Å². The van der Waals surface area contributed by atoms with Crippen molar-refractivity contribution in [1.29, 1.82) is 0 Å². The summed E-state index contributed by atoms with van der Waals surface area (Å²) >= 11 is 0. The molecule has 2 aromatic rings. The maximum Gasteiger partial charge on any atom is 0.274 e. The third-order valence-corrected chi connectivity index (χ3v) is 6.81. The first kappa shape index (κ1) is 21.2. The second-order valence-corrected chi connectivity index (χ2v) is 9.19. The normalized spacial score (nSPS) is 15.1. The number of carbonyl (C=O) groups is 1. The van der Waals surface area contributed by atoms with Gasteiger partial charge in [0.05, 0.1) is 4.90 Å². The molecule has 8 nitrogen and oxygen atoms in total. The van der Waals surface area contributed by atoms with Crippen molar-refractivity contribution in [2.24, 2.45) is 0 Å². The van der Waals surface area contributed by atoms with Gasteiger partial charge in [0.25, 0.3) is 5.91 Å². The van der Waals surface area contributed by atoms with E-state index in [1.165, 1.54) is 44.8 Å². The quantitative estimate of drug-likeness (QED) is 0.749. The van der Waals surface area contributed by atoms with Gasteiger partial charge in [-0.2, -0.15) is 0 Å². The van der Waals surface area contributed by atoms with E-state index in [-0.39, 0.29) is 16.5 Å². The Balaban J connectivity index is 1.76. The number of benzene rings is 1. The van der Waals surface area contributed by atoms with E-state index in [0.717, 1.165) is 18.7 Å². The van der Waals surface area contributed by atoms with E-state index in [2.05, 4.69) is 24.9 Å². The molecule has 0 aliphatic heterocycles. The van der Waals surface area contributed by atoms with Crippen molar-refractivity contribution in [2.75, 3.05) is 24.3 Å². The minimum atomic E-state index is -3.53. The van der Waals surface area contributed by atoms with Crippen molar-refractivity contribution >= 4 is 27.4 Å². The van der Waals surface area contributed by atoms with Gasteiger partial charge in [-0.25, -0.2) is 23.1 Å². The van der Waals surface area contributed by atoms with E-state index >= 15 is 0 Å². The summed E-state index contributed by atoms with van der Waals surface area (Å²) in [6.45, 7) is 1.74. The minimum absolute atomic E-state index is 0.147. The van der Waals surface area contributed by atoms with Crippen molar-refractivity contribution in [2.45, 2.75) is 50.0 Å². The fourth-order valence-corrected chi connectivity index (χ4v) is 4.38. The van der Waals surface area contributed by atoms with Crippen LogP contribution in [0.3, 0.4) is 0 Å². The summed E-state index contributed by atoms with van der Waals surface area (Å²) in [7, 11) is -0.169. The van der Waals surface area contributed by atoms with Gasteiger partial charge in [-0.3, -0.25) is 4.79 Å². The standard InChI is InChI=1S/C20H27N5O3S/c1-14-11-16(29(27,28)21-2)9-10-17(14)24-20(26)18-12-19(23-13-22-18)25(3)15-7-5-4-6-8-15/h9-13,15,21H,4-8H2,1-3H3,(H,24,26). The monoisotopic (exact) mass is 417 g/mol. The van der Waals surface area contributed by atoms with Crippen LogP contribution in [0.1, 0.15) is 48.2 Å². The van der Waals surface area contributed by atoms with Crippen LogP contribution < -0.4 is 14.9 Å². The summed E-state index contributed by atoms with van der Waals surface area (Å²) in [6, 6.07) is 6.67. The van der Waals surface area contributed by atoms with Gasteiger partial charge in [-0.15, -0.1) is 0 Å². The van der Waals surface area contributed by atoms with Crippen LogP contribution in [0.4, 0.5) is 11.5 Å². The number of nitrogens with one attached hydrogen (secondary N) is 2. The molecule has 1 aromatic carbocycles. The molecule has 1 aliphatic rings. The molecule has 3 rings (SSSR count). The Kier molecular flexibility index (Phi) is 6.49.